The van der Waals surface area contributed by atoms with Crippen LogP contribution in [0.4, 0.5) is 4.39 Å². The monoisotopic (exact) mass is 209 g/mol. The van der Waals surface area contributed by atoms with Gasteiger partial charge in [0, 0.05) is 6.04 Å². The molecular weight excluding hydrogens is 197 g/mol. The molecule has 1 aliphatic carbocycles. The average Bonchev–Trinajstić information content (AvgIpc) is 2.17. The molecule has 0 fully saturated rings. The fourth-order valence-electron chi connectivity index (χ4n) is 2.13. The van der Waals surface area contributed by atoms with Gasteiger partial charge in [-0.2, -0.15) is 0 Å². The van der Waals surface area contributed by atoms with Gasteiger partial charge in [0.05, 0.1) is 5.92 Å². The Balaban J connectivity index is 2.48. The molecule has 15 heavy (non-hydrogen) atoms. The fourth-order valence-corrected chi connectivity index (χ4v) is 2.13. The molecule has 0 heterocycles. The molecule has 0 radical (unpaired) electrons. The molecule has 1 aromatic rings. The van der Waals surface area contributed by atoms with Crippen LogP contribution in [0.1, 0.15) is 23.5 Å². The second-order valence-corrected chi connectivity index (χ2v) is 3.86. The van der Waals surface area contributed by atoms with Gasteiger partial charge < -0.3 is 10.8 Å². The number of nitrogens with two attached hydrogens (primary N) is 1. The lowest BCUT2D eigenvalue weighted by Gasteiger charge is -2.28. The number of benzene rings is 1. The van der Waals surface area contributed by atoms with Crippen LogP contribution in [-0.2, 0) is 11.2 Å². The lowest BCUT2D eigenvalue weighted by molar-refractivity contribution is -0.139. The first-order valence-electron chi connectivity index (χ1n) is 4.86. The van der Waals surface area contributed by atoms with Crippen molar-refractivity contribution in [2.24, 2.45) is 5.73 Å². The van der Waals surface area contributed by atoms with Crippen molar-refractivity contribution in [2.75, 3.05) is 0 Å². The second kappa shape index (κ2) is 3.62. The summed E-state index contributed by atoms with van der Waals surface area (Å²) in [6, 6.07) is 3.84. The SMILES string of the molecule is NC1CCc2cc(F)ccc2C1C(=O)O. The lowest BCUT2D eigenvalue weighted by atomic mass is 9.79. The number of carboxylic acid groups (broad SMARTS) is 1. The number of carbonyl (C=O) groups is 1. The highest BCUT2D eigenvalue weighted by molar-refractivity contribution is 5.78. The summed E-state index contributed by atoms with van der Waals surface area (Å²) in [5.41, 5.74) is 7.18. The molecule has 0 aromatic heterocycles. The smallest absolute Gasteiger partial charge is 0.312 e. The Bertz CT molecular complexity index is 406. The normalized spacial score (nSPS) is 24.7. The summed E-state index contributed by atoms with van der Waals surface area (Å²) in [5.74, 6) is -1.96. The van der Waals surface area contributed by atoms with Crippen LogP contribution in [0.2, 0.25) is 0 Å². The van der Waals surface area contributed by atoms with Crippen LogP contribution < -0.4 is 5.73 Å². The van der Waals surface area contributed by atoms with Gasteiger partial charge in [0.25, 0.3) is 0 Å². The third-order valence-corrected chi connectivity index (χ3v) is 2.88. The van der Waals surface area contributed by atoms with E-state index in [2.05, 4.69) is 0 Å². The molecule has 0 amide bonds. The predicted molar refractivity (Wildman–Crippen MR) is 53.1 cm³/mol. The largest absolute Gasteiger partial charge is 0.481 e. The van der Waals surface area contributed by atoms with Gasteiger partial charge in [-0.3, -0.25) is 4.79 Å². The molecule has 3 N–H and O–H groups in total. The van der Waals surface area contributed by atoms with Crippen molar-refractivity contribution >= 4 is 5.97 Å². The summed E-state index contributed by atoms with van der Waals surface area (Å²) in [6.07, 6.45) is 1.24. The molecule has 0 spiro atoms. The van der Waals surface area contributed by atoms with Crippen molar-refractivity contribution < 1.29 is 14.3 Å². The van der Waals surface area contributed by atoms with Crippen molar-refractivity contribution in [1.29, 1.82) is 0 Å². The summed E-state index contributed by atoms with van der Waals surface area (Å²) in [6.45, 7) is 0. The number of halogens is 1. The highest BCUT2D eigenvalue weighted by atomic mass is 19.1. The maximum atomic E-state index is 12.9. The summed E-state index contributed by atoms with van der Waals surface area (Å²) in [4.78, 5) is 11.0. The minimum Gasteiger partial charge on any atom is -0.481 e. The second-order valence-electron chi connectivity index (χ2n) is 3.86. The van der Waals surface area contributed by atoms with Crippen LogP contribution in [0.25, 0.3) is 0 Å². The first-order chi connectivity index (χ1) is 7.09. The first-order valence-corrected chi connectivity index (χ1v) is 4.86. The molecule has 0 bridgehead atoms. The minimum atomic E-state index is -0.935. The van der Waals surface area contributed by atoms with Crippen molar-refractivity contribution in [3.8, 4) is 0 Å². The van der Waals surface area contributed by atoms with Crippen molar-refractivity contribution in [3.63, 3.8) is 0 Å². The van der Waals surface area contributed by atoms with Gasteiger partial charge in [-0.25, -0.2) is 4.39 Å². The highest BCUT2D eigenvalue weighted by Crippen LogP contribution is 2.31. The molecule has 0 aliphatic heterocycles. The standard InChI is InChI=1S/C11H12FNO2/c12-7-2-3-8-6(5-7)1-4-9(13)10(8)11(14)15/h2-3,5,9-10H,1,4,13H2,(H,14,15). The van der Waals surface area contributed by atoms with E-state index in [0.717, 1.165) is 5.56 Å². The van der Waals surface area contributed by atoms with Gasteiger partial charge in [-0.1, -0.05) is 6.07 Å². The molecule has 2 unspecified atom stereocenters. The van der Waals surface area contributed by atoms with Gasteiger partial charge in [-0.15, -0.1) is 0 Å². The maximum absolute atomic E-state index is 12.9. The zero-order valence-corrected chi connectivity index (χ0v) is 8.11. The molecule has 80 valence electrons. The van der Waals surface area contributed by atoms with E-state index in [9.17, 15) is 9.18 Å². The van der Waals surface area contributed by atoms with Gasteiger partial charge in [0.1, 0.15) is 5.82 Å². The number of aliphatic carboxylic acids is 1. The fraction of sp³-hybridized carbons (Fsp3) is 0.364. The first kappa shape index (κ1) is 10.1. The molecule has 4 heteroatoms. The molecule has 0 saturated carbocycles. The van der Waals surface area contributed by atoms with Gasteiger partial charge in [0.2, 0.25) is 0 Å². The summed E-state index contributed by atoms with van der Waals surface area (Å²) < 4.78 is 12.9. The van der Waals surface area contributed by atoms with Crippen LogP contribution in [0, 0.1) is 5.82 Å². The Morgan fingerprint density at radius 1 is 1.53 bits per heavy atom. The van der Waals surface area contributed by atoms with E-state index in [-0.39, 0.29) is 11.9 Å². The Hall–Kier alpha value is -1.42. The predicted octanol–water partition coefficient (Wildman–Crippen LogP) is 1.27. The van der Waals surface area contributed by atoms with Crippen LogP contribution in [0.15, 0.2) is 18.2 Å². The molecule has 2 atom stereocenters. The zero-order chi connectivity index (χ0) is 11.0. The van der Waals surface area contributed by atoms with E-state index in [0.29, 0.717) is 18.4 Å². The van der Waals surface area contributed by atoms with Gasteiger partial charge >= 0.3 is 5.97 Å². The maximum Gasteiger partial charge on any atom is 0.312 e. The van der Waals surface area contributed by atoms with Crippen molar-refractivity contribution in [1.82, 2.24) is 0 Å². The summed E-state index contributed by atoms with van der Waals surface area (Å²) >= 11 is 0. The highest BCUT2D eigenvalue weighted by Gasteiger charge is 2.32. The van der Waals surface area contributed by atoms with Crippen LogP contribution in [-0.4, -0.2) is 17.1 Å². The van der Waals surface area contributed by atoms with E-state index in [1.807, 2.05) is 0 Å². The van der Waals surface area contributed by atoms with Gasteiger partial charge in [-0.05, 0) is 36.1 Å². The molecule has 1 aromatic carbocycles. The van der Waals surface area contributed by atoms with E-state index in [4.69, 9.17) is 10.8 Å². The van der Waals surface area contributed by atoms with Crippen molar-refractivity contribution in [3.05, 3.63) is 35.1 Å². The number of carboxylic acids is 1. The Morgan fingerprint density at radius 3 is 2.93 bits per heavy atom. The number of fused-ring (bicyclic) bond motifs is 1. The van der Waals surface area contributed by atoms with E-state index >= 15 is 0 Å². The van der Waals surface area contributed by atoms with E-state index in [1.165, 1.54) is 18.2 Å². The number of rotatable bonds is 1. The van der Waals surface area contributed by atoms with Crippen LogP contribution in [0.5, 0.6) is 0 Å². The number of hydrogen-bond acceptors (Lipinski definition) is 2. The molecule has 2 rings (SSSR count). The Kier molecular flexibility index (Phi) is 2.44. The Labute approximate surface area is 86.7 Å². The molecule has 1 aliphatic rings. The zero-order valence-electron chi connectivity index (χ0n) is 8.11. The summed E-state index contributed by atoms with van der Waals surface area (Å²) in [7, 11) is 0. The average molecular weight is 209 g/mol. The minimum absolute atomic E-state index is 0.326. The third kappa shape index (κ3) is 1.72. The lowest BCUT2D eigenvalue weighted by Crippen LogP contribution is -2.37. The van der Waals surface area contributed by atoms with Gasteiger partial charge in [0.15, 0.2) is 0 Å². The third-order valence-electron chi connectivity index (χ3n) is 2.88. The summed E-state index contributed by atoms with van der Waals surface area (Å²) in [5, 5.41) is 9.05. The van der Waals surface area contributed by atoms with E-state index in [1.54, 1.807) is 0 Å². The molecular formula is C11H12FNO2. The number of hydrogen-bond donors (Lipinski definition) is 2. The quantitative estimate of drug-likeness (QED) is 0.732. The Morgan fingerprint density at radius 2 is 2.27 bits per heavy atom. The topological polar surface area (TPSA) is 63.3 Å². The molecule has 0 saturated heterocycles. The van der Waals surface area contributed by atoms with Crippen LogP contribution >= 0.6 is 0 Å². The van der Waals surface area contributed by atoms with Crippen LogP contribution in [0.3, 0.4) is 0 Å². The van der Waals surface area contributed by atoms with Crippen molar-refractivity contribution in [2.45, 2.75) is 24.8 Å². The number of aryl methyl sites for hydroxylation is 1. The van der Waals surface area contributed by atoms with E-state index < -0.39 is 11.9 Å². The molecule has 3 nitrogen and oxygen atoms in total.